The Bertz CT molecular complexity index is 375. The number of hydrogen-bond donors (Lipinski definition) is 1. The summed E-state index contributed by atoms with van der Waals surface area (Å²) in [5, 5.41) is 4.15. The molecule has 2 N–H and O–H groups in total. The second-order valence-corrected chi connectivity index (χ2v) is 3.16. The molecule has 0 bridgehead atoms. The maximum Gasteiger partial charge on any atom is 0.0645 e. The van der Waals surface area contributed by atoms with Crippen LogP contribution in [0.15, 0.2) is 42.7 Å². The maximum atomic E-state index is 5.48. The summed E-state index contributed by atoms with van der Waals surface area (Å²) in [6.07, 6.45) is 4.63. The zero-order valence-corrected chi connectivity index (χ0v) is 7.93. The van der Waals surface area contributed by atoms with Gasteiger partial charge in [0.1, 0.15) is 0 Å². The molecule has 2 aromatic rings. The molecule has 0 aliphatic rings. The van der Waals surface area contributed by atoms with Crippen molar-refractivity contribution >= 4 is 0 Å². The van der Waals surface area contributed by atoms with Crippen LogP contribution in [-0.4, -0.2) is 16.3 Å². The summed E-state index contributed by atoms with van der Waals surface area (Å²) < 4.78 is 1.84. The highest BCUT2D eigenvalue weighted by molar-refractivity contribution is 5.33. The maximum absolute atomic E-state index is 5.48. The lowest BCUT2D eigenvalue weighted by Crippen LogP contribution is -2.02. The molecule has 0 aliphatic heterocycles. The Morgan fingerprint density at radius 3 is 2.57 bits per heavy atom. The van der Waals surface area contributed by atoms with E-state index in [1.807, 2.05) is 16.9 Å². The third-order valence-corrected chi connectivity index (χ3v) is 2.14. The molecule has 0 amide bonds. The molecule has 2 rings (SSSR count). The monoisotopic (exact) mass is 187 g/mol. The van der Waals surface area contributed by atoms with Crippen LogP contribution in [0.4, 0.5) is 0 Å². The largest absolute Gasteiger partial charge is 0.330 e. The van der Waals surface area contributed by atoms with Gasteiger partial charge in [0.05, 0.1) is 5.69 Å². The molecule has 0 saturated heterocycles. The Labute approximate surface area is 83.2 Å². The predicted octanol–water partition coefficient (Wildman–Crippen LogP) is 1.37. The number of aromatic nitrogens is 2. The van der Waals surface area contributed by atoms with E-state index >= 15 is 0 Å². The molecule has 0 unspecified atom stereocenters. The Balaban J connectivity index is 2.22. The lowest BCUT2D eigenvalue weighted by atomic mass is 10.1. The van der Waals surface area contributed by atoms with Gasteiger partial charge in [0.25, 0.3) is 0 Å². The standard InChI is InChI=1S/C11H13N3/c12-7-6-10-2-4-11(5-3-10)14-9-1-8-13-14/h1-5,8-9H,6-7,12H2. The van der Waals surface area contributed by atoms with E-state index in [1.54, 1.807) is 6.20 Å². The van der Waals surface area contributed by atoms with Crippen molar-refractivity contribution in [2.24, 2.45) is 5.73 Å². The van der Waals surface area contributed by atoms with E-state index in [2.05, 4.69) is 29.4 Å². The summed E-state index contributed by atoms with van der Waals surface area (Å²) in [6, 6.07) is 10.2. The molecule has 0 atom stereocenters. The zero-order valence-electron chi connectivity index (χ0n) is 7.93. The average Bonchev–Trinajstić information content (AvgIpc) is 2.72. The lowest BCUT2D eigenvalue weighted by Gasteiger charge is -2.02. The van der Waals surface area contributed by atoms with E-state index in [-0.39, 0.29) is 0 Å². The second-order valence-electron chi connectivity index (χ2n) is 3.16. The van der Waals surface area contributed by atoms with Crippen LogP contribution in [0.25, 0.3) is 5.69 Å². The number of benzene rings is 1. The van der Waals surface area contributed by atoms with Crippen molar-refractivity contribution in [3.63, 3.8) is 0 Å². The molecule has 0 aliphatic carbocycles. The number of rotatable bonds is 3. The van der Waals surface area contributed by atoms with Crippen molar-refractivity contribution in [3.8, 4) is 5.69 Å². The van der Waals surface area contributed by atoms with E-state index in [4.69, 9.17) is 5.73 Å². The van der Waals surface area contributed by atoms with Crippen molar-refractivity contribution in [3.05, 3.63) is 48.3 Å². The van der Waals surface area contributed by atoms with Crippen molar-refractivity contribution in [2.75, 3.05) is 6.54 Å². The van der Waals surface area contributed by atoms with Gasteiger partial charge in [-0.3, -0.25) is 0 Å². The van der Waals surface area contributed by atoms with Crippen LogP contribution in [0.3, 0.4) is 0 Å². The average molecular weight is 187 g/mol. The quantitative estimate of drug-likeness (QED) is 0.788. The summed E-state index contributed by atoms with van der Waals surface area (Å²) in [7, 11) is 0. The van der Waals surface area contributed by atoms with Gasteiger partial charge in [-0.15, -0.1) is 0 Å². The lowest BCUT2D eigenvalue weighted by molar-refractivity contribution is 0.877. The fraction of sp³-hybridized carbons (Fsp3) is 0.182. The number of nitrogens with two attached hydrogens (primary N) is 1. The predicted molar refractivity (Wildman–Crippen MR) is 56.3 cm³/mol. The van der Waals surface area contributed by atoms with Crippen LogP contribution in [0.1, 0.15) is 5.56 Å². The molecule has 0 saturated carbocycles. The number of hydrogen-bond acceptors (Lipinski definition) is 2. The molecule has 1 aromatic carbocycles. The molecule has 3 nitrogen and oxygen atoms in total. The second kappa shape index (κ2) is 4.07. The molecular formula is C11H13N3. The SMILES string of the molecule is NCCc1ccc(-n2cccn2)cc1. The smallest absolute Gasteiger partial charge is 0.0645 e. The molecule has 0 radical (unpaired) electrons. The minimum atomic E-state index is 0.696. The molecule has 72 valence electrons. The fourth-order valence-electron chi connectivity index (χ4n) is 1.40. The molecule has 0 spiro atoms. The molecule has 3 heteroatoms. The zero-order chi connectivity index (χ0) is 9.80. The van der Waals surface area contributed by atoms with Gasteiger partial charge in [0, 0.05) is 12.4 Å². The summed E-state index contributed by atoms with van der Waals surface area (Å²) in [5.41, 5.74) is 7.82. The third kappa shape index (κ3) is 1.83. The first kappa shape index (κ1) is 8.97. The highest BCUT2D eigenvalue weighted by Gasteiger charge is 1.95. The van der Waals surface area contributed by atoms with Crippen molar-refractivity contribution in [2.45, 2.75) is 6.42 Å². The first-order chi connectivity index (χ1) is 6.90. The van der Waals surface area contributed by atoms with Crippen LogP contribution in [0.2, 0.25) is 0 Å². The topological polar surface area (TPSA) is 43.8 Å². The summed E-state index contributed by atoms with van der Waals surface area (Å²) in [4.78, 5) is 0. The Morgan fingerprint density at radius 1 is 1.21 bits per heavy atom. The van der Waals surface area contributed by atoms with Crippen LogP contribution in [-0.2, 0) is 6.42 Å². The molecule has 1 heterocycles. The molecule has 0 fully saturated rings. The van der Waals surface area contributed by atoms with Gasteiger partial charge in [-0.1, -0.05) is 12.1 Å². The molecular weight excluding hydrogens is 174 g/mol. The van der Waals surface area contributed by atoms with Crippen molar-refractivity contribution in [1.29, 1.82) is 0 Å². The highest BCUT2D eigenvalue weighted by atomic mass is 15.3. The van der Waals surface area contributed by atoms with Gasteiger partial charge in [-0.25, -0.2) is 4.68 Å². The number of nitrogens with zero attached hydrogens (tertiary/aromatic N) is 2. The van der Waals surface area contributed by atoms with Gasteiger partial charge < -0.3 is 5.73 Å². The van der Waals surface area contributed by atoms with Gasteiger partial charge in [-0.2, -0.15) is 5.10 Å². The van der Waals surface area contributed by atoms with E-state index in [0.717, 1.165) is 12.1 Å². The van der Waals surface area contributed by atoms with Crippen LogP contribution < -0.4 is 5.73 Å². The first-order valence-electron chi connectivity index (χ1n) is 4.69. The highest BCUT2D eigenvalue weighted by Crippen LogP contribution is 2.08. The summed E-state index contributed by atoms with van der Waals surface area (Å²) in [5.74, 6) is 0. The minimum Gasteiger partial charge on any atom is -0.330 e. The van der Waals surface area contributed by atoms with Crippen molar-refractivity contribution < 1.29 is 0 Å². The van der Waals surface area contributed by atoms with Crippen LogP contribution >= 0.6 is 0 Å². The van der Waals surface area contributed by atoms with E-state index in [9.17, 15) is 0 Å². The Hall–Kier alpha value is -1.61. The van der Waals surface area contributed by atoms with Crippen molar-refractivity contribution in [1.82, 2.24) is 9.78 Å². The van der Waals surface area contributed by atoms with E-state index in [1.165, 1.54) is 5.56 Å². The Kier molecular flexibility index (Phi) is 2.60. The van der Waals surface area contributed by atoms with E-state index in [0.29, 0.717) is 6.54 Å². The normalized spacial score (nSPS) is 10.4. The fourth-order valence-corrected chi connectivity index (χ4v) is 1.40. The minimum absolute atomic E-state index is 0.696. The van der Waals surface area contributed by atoms with Crippen LogP contribution in [0, 0.1) is 0 Å². The van der Waals surface area contributed by atoms with Crippen LogP contribution in [0.5, 0.6) is 0 Å². The van der Waals surface area contributed by atoms with E-state index < -0.39 is 0 Å². The van der Waals surface area contributed by atoms with Gasteiger partial charge in [-0.05, 0) is 36.7 Å². The third-order valence-electron chi connectivity index (χ3n) is 2.14. The molecule has 1 aromatic heterocycles. The van der Waals surface area contributed by atoms with Gasteiger partial charge in [0.15, 0.2) is 0 Å². The summed E-state index contributed by atoms with van der Waals surface area (Å²) >= 11 is 0. The summed E-state index contributed by atoms with van der Waals surface area (Å²) in [6.45, 7) is 0.696. The molecule has 14 heavy (non-hydrogen) atoms. The van der Waals surface area contributed by atoms with Gasteiger partial charge >= 0.3 is 0 Å². The first-order valence-corrected chi connectivity index (χ1v) is 4.69. The Morgan fingerprint density at radius 2 is 2.00 bits per heavy atom. The van der Waals surface area contributed by atoms with Gasteiger partial charge in [0.2, 0.25) is 0 Å².